The topological polar surface area (TPSA) is 49.3 Å². The van der Waals surface area contributed by atoms with Crippen LogP contribution >= 0.6 is 11.8 Å². The lowest BCUT2D eigenvalue weighted by molar-refractivity contribution is -0.116. The van der Waals surface area contributed by atoms with Crippen LogP contribution in [-0.4, -0.2) is 40.8 Å². The van der Waals surface area contributed by atoms with Crippen LogP contribution in [0.5, 0.6) is 0 Å². The van der Waals surface area contributed by atoms with Gasteiger partial charge in [0.25, 0.3) is 0 Å². The Kier molecular flexibility index (Phi) is 5.62. The molecule has 142 valence electrons. The summed E-state index contributed by atoms with van der Waals surface area (Å²) in [6.07, 6.45) is 7.46. The summed E-state index contributed by atoms with van der Waals surface area (Å²) in [6.45, 7) is 4.08. The smallest absolute Gasteiger partial charge is 0.237 e. The molecule has 1 aromatic carbocycles. The first-order valence-electron chi connectivity index (χ1n) is 9.86. The minimum atomic E-state index is 0.148. The second kappa shape index (κ2) is 8.30. The number of benzene rings is 1. The van der Waals surface area contributed by atoms with Gasteiger partial charge in [0, 0.05) is 30.9 Å². The molecule has 2 aromatic rings. The molecule has 4 rings (SSSR count). The third-order valence-electron chi connectivity index (χ3n) is 5.55. The molecule has 27 heavy (non-hydrogen) atoms. The van der Waals surface area contributed by atoms with E-state index in [2.05, 4.69) is 27.9 Å². The van der Waals surface area contributed by atoms with Crippen LogP contribution in [0, 0.1) is 0 Å². The van der Waals surface area contributed by atoms with E-state index < -0.39 is 0 Å². The number of hydrogen-bond acceptors (Lipinski definition) is 5. The molecule has 1 unspecified atom stereocenters. The SMILES string of the molecule is CCC1CCCCN1c1cc(SCC(=O)N2CCc3ccccc32)ncn1. The number of para-hydroxylation sites is 1. The molecule has 2 aliphatic heterocycles. The molecule has 1 saturated heterocycles. The van der Waals surface area contributed by atoms with E-state index in [1.165, 1.54) is 36.6 Å². The van der Waals surface area contributed by atoms with Gasteiger partial charge in [0.05, 0.1) is 5.75 Å². The predicted octanol–water partition coefficient (Wildman–Crippen LogP) is 3.93. The number of carbonyl (C=O) groups excluding carboxylic acids is 1. The van der Waals surface area contributed by atoms with Gasteiger partial charge >= 0.3 is 0 Å². The predicted molar refractivity (Wildman–Crippen MR) is 111 cm³/mol. The van der Waals surface area contributed by atoms with Gasteiger partial charge in [0.1, 0.15) is 17.2 Å². The summed E-state index contributed by atoms with van der Waals surface area (Å²) in [7, 11) is 0. The van der Waals surface area contributed by atoms with Crippen molar-refractivity contribution < 1.29 is 4.79 Å². The molecule has 3 heterocycles. The molecule has 0 spiro atoms. The Bertz CT molecular complexity index is 812. The van der Waals surface area contributed by atoms with Crippen molar-refractivity contribution in [1.29, 1.82) is 0 Å². The van der Waals surface area contributed by atoms with Crippen molar-refractivity contribution in [2.75, 3.05) is 28.6 Å². The Morgan fingerprint density at radius 2 is 2.11 bits per heavy atom. The first-order chi connectivity index (χ1) is 13.3. The molecule has 1 amide bonds. The number of fused-ring (bicyclic) bond motifs is 1. The van der Waals surface area contributed by atoms with E-state index in [9.17, 15) is 4.79 Å². The zero-order chi connectivity index (χ0) is 18.6. The van der Waals surface area contributed by atoms with Gasteiger partial charge in [-0.25, -0.2) is 9.97 Å². The van der Waals surface area contributed by atoms with Gasteiger partial charge < -0.3 is 9.80 Å². The summed E-state index contributed by atoms with van der Waals surface area (Å²) in [5.41, 5.74) is 2.32. The van der Waals surface area contributed by atoms with E-state index in [1.807, 2.05) is 29.2 Å². The lowest BCUT2D eigenvalue weighted by atomic mass is 10.0. The average molecular weight is 383 g/mol. The molecule has 0 saturated carbocycles. The number of aromatic nitrogens is 2. The summed E-state index contributed by atoms with van der Waals surface area (Å²) < 4.78 is 0. The molecule has 1 aromatic heterocycles. The zero-order valence-corrected chi connectivity index (χ0v) is 16.6. The number of nitrogens with zero attached hydrogens (tertiary/aromatic N) is 4. The van der Waals surface area contributed by atoms with Crippen LogP contribution in [0.15, 0.2) is 41.7 Å². The Hall–Kier alpha value is -2.08. The molecule has 2 aliphatic rings. The summed E-state index contributed by atoms with van der Waals surface area (Å²) in [5, 5.41) is 0.876. The lowest BCUT2D eigenvalue weighted by Crippen LogP contribution is -2.39. The Morgan fingerprint density at radius 3 is 3.00 bits per heavy atom. The largest absolute Gasteiger partial charge is 0.354 e. The average Bonchev–Trinajstić information content (AvgIpc) is 3.16. The molecule has 1 atom stereocenters. The second-order valence-electron chi connectivity index (χ2n) is 7.18. The van der Waals surface area contributed by atoms with Gasteiger partial charge in [-0.2, -0.15) is 0 Å². The standard InChI is InChI=1S/C21H26N4OS/c1-2-17-8-5-6-11-24(17)19-13-20(23-15-22-19)27-14-21(26)25-12-10-16-7-3-4-9-18(16)25/h3-4,7,9,13,15,17H,2,5-6,8,10-12,14H2,1H3. The van der Waals surface area contributed by atoms with Gasteiger partial charge in [-0.1, -0.05) is 36.9 Å². The number of hydrogen-bond donors (Lipinski definition) is 0. The van der Waals surface area contributed by atoms with Crippen LogP contribution in [0.25, 0.3) is 0 Å². The number of anilines is 2. The number of piperidine rings is 1. The Labute approximate surface area is 165 Å². The van der Waals surface area contributed by atoms with E-state index >= 15 is 0 Å². The fraction of sp³-hybridized carbons (Fsp3) is 0.476. The molecule has 0 radical (unpaired) electrons. The van der Waals surface area contributed by atoms with E-state index in [-0.39, 0.29) is 5.91 Å². The molecule has 1 fully saturated rings. The van der Waals surface area contributed by atoms with Crippen molar-refractivity contribution in [1.82, 2.24) is 9.97 Å². The summed E-state index contributed by atoms with van der Waals surface area (Å²) in [4.78, 5) is 25.9. The monoisotopic (exact) mass is 382 g/mol. The van der Waals surface area contributed by atoms with Gasteiger partial charge in [-0.3, -0.25) is 4.79 Å². The number of amides is 1. The molecule has 0 N–H and O–H groups in total. The zero-order valence-electron chi connectivity index (χ0n) is 15.8. The van der Waals surface area contributed by atoms with E-state index in [4.69, 9.17) is 0 Å². The summed E-state index contributed by atoms with van der Waals surface area (Å²) in [6, 6.07) is 10.8. The summed E-state index contributed by atoms with van der Waals surface area (Å²) in [5.74, 6) is 1.55. The maximum absolute atomic E-state index is 12.7. The fourth-order valence-electron chi connectivity index (χ4n) is 4.10. The van der Waals surface area contributed by atoms with Crippen LogP contribution < -0.4 is 9.80 Å². The minimum Gasteiger partial charge on any atom is -0.354 e. The number of rotatable bonds is 5. The Morgan fingerprint density at radius 1 is 1.22 bits per heavy atom. The fourth-order valence-corrected chi connectivity index (χ4v) is 4.84. The van der Waals surface area contributed by atoms with E-state index in [1.54, 1.807) is 6.33 Å². The van der Waals surface area contributed by atoms with Crippen LogP contribution in [0.4, 0.5) is 11.5 Å². The second-order valence-corrected chi connectivity index (χ2v) is 8.17. The van der Waals surface area contributed by atoms with Gasteiger partial charge in [-0.05, 0) is 43.7 Å². The van der Waals surface area contributed by atoms with E-state index in [0.29, 0.717) is 11.8 Å². The maximum Gasteiger partial charge on any atom is 0.237 e. The third kappa shape index (κ3) is 3.95. The van der Waals surface area contributed by atoms with Crippen molar-refractivity contribution in [3.63, 3.8) is 0 Å². The third-order valence-corrected chi connectivity index (χ3v) is 6.46. The first kappa shape index (κ1) is 18.3. The number of thioether (sulfide) groups is 1. The number of carbonyl (C=O) groups is 1. The quantitative estimate of drug-likeness (QED) is 0.579. The van der Waals surface area contributed by atoms with Crippen LogP contribution in [0.1, 0.15) is 38.2 Å². The molecular weight excluding hydrogens is 356 g/mol. The van der Waals surface area contributed by atoms with Crippen LogP contribution in [-0.2, 0) is 11.2 Å². The van der Waals surface area contributed by atoms with Crippen molar-refractivity contribution in [3.8, 4) is 0 Å². The van der Waals surface area contributed by atoms with Crippen molar-refractivity contribution in [2.24, 2.45) is 0 Å². The Balaban J connectivity index is 1.41. The molecule has 0 aliphatic carbocycles. The first-order valence-corrected chi connectivity index (χ1v) is 10.8. The summed E-state index contributed by atoms with van der Waals surface area (Å²) >= 11 is 1.51. The normalized spacial score (nSPS) is 19.2. The lowest BCUT2D eigenvalue weighted by Gasteiger charge is -2.36. The van der Waals surface area contributed by atoms with Crippen LogP contribution in [0.2, 0.25) is 0 Å². The highest BCUT2D eigenvalue weighted by Crippen LogP contribution is 2.30. The molecule has 6 heteroatoms. The highest BCUT2D eigenvalue weighted by atomic mass is 32.2. The molecular formula is C21H26N4OS. The highest BCUT2D eigenvalue weighted by Gasteiger charge is 2.25. The molecule has 0 bridgehead atoms. The van der Waals surface area contributed by atoms with Crippen molar-refractivity contribution in [2.45, 2.75) is 50.1 Å². The highest BCUT2D eigenvalue weighted by molar-refractivity contribution is 7.99. The van der Waals surface area contributed by atoms with Crippen molar-refractivity contribution >= 4 is 29.2 Å². The van der Waals surface area contributed by atoms with Gasteiger partial charge in [-0.15, -0.1) is 0 Å². The van der Waals surface area contributed by atoms with Crippen molar-refractivity contribution in [3.05, 3.63) is 42.2 Å². The minimum absolute atomic E-state index is 0.148. The van der Waals surface area contributed by atoms with Gasteiger partial charge in [0.2, 0.25) is 5.91 Å². The van der Waals surface area contributed by atoms with E-state index in [0.717, 1.165) is 42.5 Å². The molecule has 5 nitrogen and oxygen atoms in total. The van der Waals surface area contributed by atoms with Gasteiger partial charge in [0.15, 0.2) is 0 Å². The maximum atomic E-state index is 12.7. The van der Waals surface area contributed by atoms with Crippen LogP contribution in [0.3, 0.4) is 0 Å².